The number of nitrogens with one attached hydrogen (secondary N) is 1. The van der Waals surface area contributed by atoms with Gasteiger partial charge in [-0.2, -0.15) is 0 Å². The molecule has 1 aromatic carbocycles. The molecule has 0 bridgehead atoms. The van der Waals surface area contributed by atoms with Gasteiger partial charge in [0, 0.05) is 11.1 Å². The van der Waals surface area contributed by atoms with E-state index in [4.69, 9.17) is 11.6 Å². The first-order chi connectivity index (χ1) is 9.78. The summed E-state index contributed by atoms with van der Waals surface area (Å²) in [7, 11) is -1.38. The van der Waals surface area contributed by atoms with E-state index in [9.17, 15) is 8.42 Å². The van der Waals surface area contributed by atoms with Gasteiger partial charge in [0.05, 0.1) is 11.0 Å². The smallest absolute Gasteiger partial charge is 0.158 e. The Morgan fingerprint density at radius 2 is 2.00 bits per heavy atom. The van der Waals surface area contributed by atoms with E-state index >= 15 is 0 Å². The second kappa shape index (κ2) is 6.27. The Morgan fingerprint density at radius 1 is 1.33 bits per heavy atom. The first-order valence-electron chi connectivity index (χ1n) is 7.40. The second-order valence-electron chi connectivity index (χ2n) is 6.58. The Labute approximate surface area is 133 Å². The molecule has 2 unspecified atom stereocenters. The molecule has 0 aliphatic heterocycles. The van der Waals surface area contributed by atoms with Gasteiger partial charge in [-0.15, -0.1) is 0 Å². The number of hydrogen-bond donors (Lipinski definition) is 1. The second-order valence-corrected chi connectivity index (χ2v) is 9.21. The van der Waals surface area contributed by atoms with E-state index in [1.54, 1.807) is 12.1 Å². The van der Waals surface area contributed by atoms with Gasteiger partial charge in [-0.1, -0.05) is 50.1 Å². The summed E-state index contributed by atoms with van der Waals surface area (Å²) in [6, 6.07) is 7.17. The van der Waals surface area contributed by atoms with Gasteiger partial charge in [-0.25, -0.2) is 8.42 Å². The predicted octanol–water partition coefficient (Wildman–Crippen LogP) is 3.42. The Hall–Kier alpha value is -0.580. The van der Waals surface area contributed by atoms with Gasteiger partial charge in [-0.3, -0.25) is 0 Å². The molecule has 21 heavy (non-hydrogen) atoms. The van der Waals surface area contributed by atoms with Gasteiger partial charge in [0.1, 0.15) is 0 Å². The first kappa shape index (κ1) is 16.8. The lowest BCUT2D eigenvalue weighted by Gasteiger charge is -2.43. The van der Waals surface area contributed by atoms with Gasteiger partial charge in [0.15, 0.2) is 9.84 Å². The van der Waals surface area contributed by atoms with Crippen LogP contribution in [0.15, 0.2) is 24.3 Å². The molecule has 1 saturated carbocycles. The highest BCUT2D eigenvalue weighted by atomic mass is 35.5. The Balaban J connectivity index is 2.28. The molecule has 2 rings (SSSR count). The lowest BCUT2D eigenvalue weighted by molar-refractivity contribution is 0.178. The Kier molecular flexibility index (Phi) is 5.01. The Morgan fingerprint density at radius 3 is 2.62 bits per heavy atom. The fourth-order valence-electron chi connectivity index (χ4n) is 3.49. The summed E-state index contributed by atoms with van der Waals surface area (Å²) >= 11 is 6.12. The monoisotopic (exact) mass is 329 g/mol. The fraction of sp³-hybridized carbons (Fsp3) is 0.625. The van der Waals surface area contributed by atoms with Crippen molar-refractivity contribution >= 4 is 21.4 Å². The molecule has 118 valence electrons. The van der Waals surface area contributed by atoms with Gasteiger partial charge in [-0.05, 0) is 36.9 Å². The molecular weight excluding hydrogens is 306 g/mol. The molecule has 5 heteroatoms. The quantitative estimate of drug-likeness (QED) is 0.920. The van der Waals surface area contributed by atoms with Crippen LogP contribution < -0.4 is 5.32 Å². The fourth-order valence-corrected chi connectivity index (χ4v) is 6.11. The first-order valence-corrected chi connectivity index (χ1v) is 9.49. The van der Waals surface area contributed by atoms with Crippen molar-refractivity contribution in [2.75, 3.05) is 7.05 Å². The molecule has 1 N–H and O–H groups in total. The van der Waals surface area contributed by atoms with Gasteiger partial charge < -0.3 is 5.32 Å². The summed E-state index contributed by atoms with van der Waals surface area (Å²) in [5.41, 5.74) is 0.683. The summed E-state index contributed by atoms with van der Waals surface area (Å²) in [6.45, 7) is 4.29. The molecule has 1 fully saturated rings. The van der Waals surface area contributed by atoms with E-state index in [1.165, 1.54) is 0 Å². The molecule has 1 aromatic rings. The molecular formula is C16H24ClNO2S. The van der Waals surface area contributed by atoms with Gasteiger partial charge in [0.2, 0.25) is 0 Å². The molecule has 0 saturated heterocycles. The molecule has 0 amide bonds. The lowest BCUT2D eigenvalue weighted by Crippen LogP contribution is -2.54. The normalized spacial score (nSPS) is 25.7. The standard InChI is InChI=1S/C16H24ClNO2S/c1-16(2)10-6-9-14(15(16)18-3)21(19,20)11-12-7-4-5-8-13(12)17/h4-5,7-8,14-15,18H,6,9-11H2,1-3H3. The zero-order chi connectivity index (χ0) is 15.7. The topological polar surface area (TPSA) is 46.2 Å². The minimum absolute atomic E-state index is 0.00871. The van der Waals surface area contributed by atoms with Crippen LogP contribution in [0.1, 0.15) is 38.7 Å². The van der Waals surface area contributed by atoms with Crippen LogP contribution in [0.3, 0.4) is 0 Å². The van der Waals surface area contributed by atoms with Crippen LogP contribution in [0.2, 0.25) is 5.02 Å². The molecule has 0 aromatic heterocycles. The molecule has 3 nitrogen and oxygen atoms in total. The molecule has 1 aliphatic carbocycles. The average Bonchev–Trinajstić information content (AvgIpc) is 2.40. The largest absolute Gasteiger partial charge is 0.315 e. The summed E-state index contributed by atoms with van der Waals surface area (Å²) in [5.74, 6) is 0.0194. The highest BCUT2D eigenvalue weighted by Crippen LogP contribution is 2.39. The minimum Gasteiger partial charge on any atom is -0.315 e. The Bertz CT molecular complexity index is 598. The summed E-state index contributed by atoms with van der Waals surface area (Å²) in [5, 5.41) is 3.42. The average molecular weight is 330 g/mol. The van der Waals surface area contributed by atoms with Crippen LogP contribution in [0.4, 0.5) is 0 Å². The van der Waals surface area contributed by atoms with E-state index in [0.717, 1.165) is 19.3 Å². The van der Waals surface area contributed by atoms with E-state index in [0.29, 0.717) is 10.6 Å². The van der Waals surface area contributed by atoms with Crippen LogP contribution in [0, 0.1) is 5.41 Å². The van der Waals surface area contributed by atoms with E-state index < -0.39 is 9.84 Å². The SMILES string of the molecule is CNC1C(S(=O)(=O)Cc2ccccc2Cl)CCCC1(C)C. The number of benzene rings is 1. The predicted molar refractivity (Wildman–Crippen MR) is 88.3 cm³/mol. The van der Waals surface area contributed by atoms with Crippen molar-refractivity contribution in [3.63, 3.8) is 0 Å². The maximum absolute atomic E-state index is 12.9. The third kappa shape index (κ3) is 3.61. The van der Waals surface area contributed by atoms with Crippen LogP contribution in [-0.2, 0) is 15.6 Å². The van der Waals surface area contributed by atoms with Gasteiger partial charge >= 0.3 is 0 Å². The van der Waals surface area contributed by atoms with E-state index in [1.807, 2.05) is 19.2 Å². The van der Waals surface area contributed by atoms with Crippen LogP contribution in [-0.4, -0.2) is 26.8 Å². The number of halogens is 1. The maximum atomic E-state index is 12.9. The number of sulfone groups is 1. The molecule has 1 aliphatic rings. The molecule has 2 atom stereocenters. The number of hydrogen-bond acceptors (Lipinski definition) is 3. The maximum Gasteiger partial charge on any atom is 0.158 e. The van der Waals surface area contributed by atoms with Crippen molar-refractivity contribution in [2.45, 2.75) is 50.2 Å². The van der Waals surface area contributed by atoms with Crippen LogP contribution >= 0.6 is 11.6 Å². The zero-order valence-electron chi connectivity index (χ0n) is 12.9. The summed E-state index contributed by atoms with van der Waals surface area (Å²) in [4.78, 5) is 0. The van der Waals surface area contributed by atoms with Crippen molar-refractivity contribution in [1.29, 1.82) is 0 Å². The van der Waals surface area contributed by atoms with Crippen LogP contribution in [0.5, 0.6) is 0 Å². The lowest BCUT2D eigenvalue weighted by atomic mass is 9.73. The van der Waals surface area contributed by atoms with Crippen molar-refractivity contribution in [1.82, 2.24) is 5.32 Å². The van der Waals surface area contributed by atoms with E-state index in [-0.39, 0.29) is 22.5 Å². The number of rotatable bonds is 4. The zero-order valence-corrected chi connectivity index (χ0v) is 14.5. The third-order valence-corrected chi connectivity index (χ3v) is 7.12. The van der Waals surface area contributed by atoms with Crippen molar-refractivity contribution in [2.24, 2.45) is 5.41 Å². The minimum atomic E-state index is -3.24. The summed E-state index contributed by atoms with van der Waals surface area (Å²) < 4.78 is 25.7. The van der Waals surface area contributed by atoms with Crippen molar-refractivity contribution in [3.8, 4) is 0 Å². The van der Waals surface area contributed by atoms with Crippen LogP contribution in [0.25, 0.3) is 0 Å². The molecule has 0 heterocycles. The van der Waals surface area contributed by atoms with Crippen molar-refractivity contribution in [3.05, 3.63) is 34.9 Å². The van der Waals surface area contributed by atoms with Gasteiger partial charge in [0.25, 0.3) is 0 Å². The highest BCUT2D eigenvalue weighted by molar-refractivity contribution is 7.91. The highest BCUT2D eigenvalue weighted by Gasteiger charge is 2.44. The molecule has 0 spiro atoms. The molecule has 0 radical (unpaired) electrons. The third-order valence-electron chi connectivity index (χ3n) is 4.61. The van der Waals surface area contributed by atoms with E-state index in [2.05, 4.69) is 19.2 Å². The summed E-state index contributed by atoms with van der Waals surface area (Å²) in [6.07, 6.45) is 2.73. The van der Waals surface area contributed by atoms with Crippen molar-refractivity contribution < 1.29 is 8.42 Å².